The number of nitrogens with zero attached hydrogens (tertiary/aromatic N) is 11. The third kappa shape index (κ3) is 24.0. The van der Waals surface area contributed by atoms with E-state index in [0.29, 0.717) is 23.8 Å². The van der Waals surface area contributed by atoms with Crippen molar-refractivity contribution in [1.82, 2.24) is 29.3 Å². The molecule has 7 aliphatic heterocycles. The molecule has 1 atom stereocenters. The SMILES string of the molecule is C.C=C1Oc2ccccc2[C-]=C1c1ccccn1.CC(=O)C=C(C)O.CC(C)N=Nc1c2c3c(cccc3c3ccccc13)CN2.CC(C)c1cccc(C(C)C)c1-n1cc[n+]2c1-c1ccccc1C2.CN1C=CN2c3c(ccc4c3oc3ccccc34)CC12.[Ir].[Ir].[Ir].[c-]1ccccc1-c1cc(-c2ccccc2)c2cc(-c3ccccc3)ccc2n1.[c-]1ccccc1-c1ccccn1.[c-]1ccccc1N1C=C2C=CC=CN2[CH-]1. The van der Waals surface area contributed by atoms with Crippen molar-refractivity contribution in [3.8, 4) is 67.6 Å². The van der Waals surface area contributed by atoms with Gasteiger partial charge < -0.3 is 44.2 Å². The number of aromatic nitrogens is 5. The van der Waals surface area contributed by atoms with Gasteiger partial charge in [-0.3, -0.25) is 14.8 Å². The van der Waals surface area contributed by atoms with E-state index in [0.717, 1.165) is 109 Å². The van der Waals surface area contributed by atoms with Gasteiger partial charge in [0.05, 0.1) is 45.8 Å². The van der Waals surface area contributed by atoms with E-state index >= 15 is 0 Å². The number of pyridine rings is 3. The molecule has 14 aromatic carbocycles. The number of aliphatic hydroxyl groups is 1. The van der Waals surface area contributed by atoms with Gasteiger partial charge in [0.15, 0.2) is 11.4 Å². The smallest absolute Gasteiger partial charge is 0.294 e. The monoisotopic (exact) mass is 2470 g/mol. The largest absolute Gasteiger partial charge is 0.527 e. The molecule has 1 unspecified atom stereocenters. The number of azo groups is 1. The van der Waals surface area contributed by atoms with Crippen molar-refractivity contribution < 1.29 is 83.9 Å². The molecule has 0 amide bonds. The Morgan fingerprint density at radius 1 is 0.561 bits per heavy atom. The van der Waals surface area contributed by atoms with Gasteiger partial charge in [0.2, 0.25) is 0 Å². The second-order valence-corrected chi connectivity index (χ2v) is 36.6. The minimum Gasteiger partial charge on any atom is -0.527 e. The second-order valence-electron chi connectivity index (χ2n) is 36.6. The Morgan fingerprint density at radius 3 is 1.86 bits per heavy atom. The maximum atomic E-state index is 10.0. The number of likely N-dealkylation sites (N-methyl/N-ethyl adjacent to an activating group) is 1. The summed E-state index contributed by atoms with van der Waals surface area (Å²) in [5.41, 5.74) is 29.6. The minimum atomic E-state index is -0.125. The number of fused-ring (bicyclic) bond motifs is 15. The van der Waals surface area contributed by atoms with Crippen LogP contribution in [0.5, 0.6) is 5.75 Å². The number of aliphatic hydroxyl groups excluding tert-OH is 1. The summed E-state index contributed by atoms with van der Waals surface area (Å²) >= 11 is 0. The number of hydrogen-bond donors (Lipinski definition) is 2. The van der Waals surface area contributed by atoms with Crippen LogP contribution in [0.4, 0.5) is 22.7 Å². The molecule has 0 fully saturated rings. The van der Waals surface area contributed by atoms with E-state index in [1.54, 1.807) is 12.4 Å². The quantitative estimate of drug-likeness (QED) is 0.0298. The van der Waals surface area contributed by atoms with E-state index in [2.05, 4.69) is 345 Å². The molecule has 2 N–H and O–H groups in total. The van der Waals surface area contributed by atoms with Crippen LogP contribution >= 0.6 is 0 Å². The van der Waals surface area contributed by atoms with Crippen LogP contribution in [0.1, 0.15) is 114 Å². The number of ether oxygens (including phenoxy) is 1. The zero-order chi connectivity index (χ0) is 99.1. The second kappa shape index (κ2) is 49.5. The topological polar surface area (TPSA) is 157 Å². The Morgan fingerprint density at radius 2 is 1.19 bits per heavy atom. The molecule has 0 saturated heterocycles. The molecule has 0 bridgehead atoms. The normalized spacial score (nSPS) is 13.5. The van der Waals surface area contributed by atoms with Gasteiger partial charge >= 0.3 is 0 Å². The average molecular weight is 2470 g/mol. The van der Waals surface area contributed by atoms with E-state index in [9.17, 15) is 4.79 Å². The predicted molar refractivity (Wildman–Crippen MR) is 593 cm³/mol. The number of benzene rings is 14. The first-order valence-corrected chi connectivity index (χ1v) is 48.7. The van der Waals surface area contributed by atoms with Crippen molar-refractivity contribution in [1.29, 1.82) is 0 Å². The Bertz CT molecular complexity index is 8040. The molecule has 5 aromatic heterocycles. The number of imidazole rings is 1. The van der Waals surface area contributed by atoms with Crippen LogP contribution in [0.25, 0.3) is 122 Å². The fourth-order valence-electron chi connectivity index (χ4n) is 18.8. The fraction of sp³-hybridized carbons (Fsp3) is 0.132. The Labute approximate surface area is 908 Å². The van der Waals surface area contributed by atoms with Gasteiger partial charge in [-0.15, -0.1) is 96.3 Å². The van der Waals surface area contributed by atoms with Crippen molar-refractivity contribution in [2.45, 2.75) is 106 Å². The van der Waals surface area contributed by atoms with Gasteiger partial charge in [-0.25, -0.2) is 4.57 Å². The van der Waals surface area contributed by atoms with Crippen molar-refractivity contribution in [2.75, 3.05) is 22.2 Å². The van der Waals surface area contributed by atoms with E-state index in [1.165, 1.54) is 125 Å². The molecule has 0 saturated carbocycles. The predicted octanol–water partition coefficient (Wildman–Crippen LogP) is 31.3. The molecule has 19 aromatic rings. The number of rotatable bonds is 12. The number of allylic oxidation sites excluding steroid dienone is 6. The summed E-state index contributed by atoms with van der Waals surface area (Å²) in [5, 5.41) is 29.4. The Balaban J connectivity index is 0.000000129. The van der Waals surface area contributed by atoms with Crippen LogP contribution in [0.3, 0.4) is 0 Å². The minimum absolute atomic E-state index is 0. The van der Waals surface area contributed by atoms with E-state index in [-0.39, 0.29) is 85.3 Å². The van der Waals surface area contributed by atoms with Crippen molar-refractivity contribution >= 4 is 88.5 Å². The number of para-hydroxylation sites is 4. The standard InChI is InChI=1S/C27H18N.C22H25N2.C18H17N3.C17H14N2O.C15H10NO.C13H10N2.C11H8N.C5H8O2.CH4.3Ir/c1-4-10-20(11-5-1)23-16-17-26-25(18-23)24(21-12-6-2-7-13-21)19-27(28-26)22-14-8-3-9-15-22;1-15(2)18-10-7-11-19(16(3)4)21(18)24-13-12-23-14-17-8-5-6-9-20(17)22(23)24;1-11(2)20-21-17-15-8-4-3-7-13(15)14-9-5-6-12-10-19-18(17)16(12)14;1-18-8-9-19-15(18)10-11-6-7-13-12-4-2-3-5-14(12)20-17(13)16(11)19;1-11-13(14-7-4-5-9-16-14)10-12-6-2-3-8-15(12)17-11;1-2-6-12(7-3-1)15-10-13-8-4-5-9-14(13)11-15;1-2-6-10(7-3-1)11-8-4-5-9-12-11;1-4(6)3-5(2)7;;;;/h1-14,16-19H;5-13,15-16H,14H2,1-4H3;3-9,11,19H,10H2,1-2H3;2-9,15H,10H2,1H3;2-9H,1H2;1-6,8-11H;1-6,8-9H;3,6H,1-2H3;1H4;;;/q-1;+1;;;-1;-2;-1;;;;;. The van der Waals surface area contributed by atoms with Crippen molar-refractivity contribution in [3.05, 3.63) is 507 Å². The zero-order valence-corrected chi connectivity index (χ0v) is 90.3. The number of carbonyl (C=O) groups excluding carboxylic acids is 1. The molecule has 0 aliphatic carbocycles. The molecular weight excluding hydrogens is 2360 g/mol. The number of ketones is 1. The third-order valence-electron chi connectivity index (χ3n) is 25.6. The first-order valence-electron chi connectivity index (χ1n) is 48.7. The van der Waals surface area contributed by atoms with Gasteiger partial charge in [-0.1, -0.05) is 283 Å². The third-order valence-corrected chi connectivity index (χ3v) is 25.6. The molecule has 16 nitrogen and oxygen atoms in total. The maximum Gasteiger partial charge on any atom is 0.294 e. The first-order chi connectivity index (χ1) is 70.4. The molecule has 12 heterocycles. The summed E-state index contributed by atoms with van der Waals surface area (Å²) in [6.07, 6.45) is 28.5. The summed E-state index contributed by atoms with van der Waals surface area (Å²) in [6.45, 7) is 23.9. The first kappa shape index (κ1) is 107. The van der Waals surface area contributed by atoms with E-state index in [4.69, 9.17) is 19.2 Å². The molecule has 148 heavy (non-hydrogen) atoms. The molecule has 19 heteroatoms. The fourth-order valence-corrected chi connectivity index (χ4v) is 18.8. The molecule has 26 rings (SSSR count). The summed E-state index contributed by atoms with van der Waals surface area (Å²) in [7, 11) is 2.13. The van der Waals surface area contributed by atoms with Crippen LogP contribution in [0, 0.1) is 30.9 Å². The van der Waals surface area contributed by atoms with Crippen LogP contribution in [0.15, 0.2) is 452 Å². The molecule has 3 radical (unpaired) electrons. The number of hydrogen-bond acceptors (Lipinski definition) is 14. The van der Waals surface area contributed by atoms with Crippen molar-refractivity contribution in [2.24, 2.45) is 10.2 Å². The van der Waals surface area contributed by atoms with Gasteiger partial charge in [0.25, 0.3) is 5.82 Å². The number of carbonyl (C=O) groups is 1. The van der Waals surface area contributed by atoms with Gasteiger partial charge in [0, 0.05) is 166 Å². The average Bonchev–Trinajstić information content (AvgIpc) is 1.57. The summed E-state index contributed by atoms with van der Waals surface area (Å²) < 4.78 is 16.6. The van der Waals surface area contributed by atoms with Crippen LogP contribution in [0.2, 0.25) is 0 Å². The molecule has 7 aliphatic rings. The Kier molecular flexibility index (Phi) is 35.6. The number of furan rings is 1. The number of anilines is 3. The molecule has 745 valence electrons. The summed E-state index contributed by atoms with van der Waals surface area (Å²) in [6, 6.07) is 126. The van der Waals surface area contributed by atoms with Gasteiger partial charge in [-0.05, 0) is 156 Å². The Hall–Kier alpha value is -15.7. The molecular formula is C129H114Ir3N12O4-4. The van der Waals surface area contributed by atoms with Crippen molar-refractivity contribution in [3.63, 3.8) is 0 Å². The van der Waals surface area contributed by atoms with E-state index in [1.807, 2.05) is 191 Å². The number of nitrogens with one attached hydrogen (secondary N) is 1. The van der Waals surface area contributed by atoms with Crippen LogP contribution in [-0.2, 0) is 84.6 Å². The van der Waals surface area contributed by atoms with E-state index < -0.39 is 0 Å². The molecule has 0 spiro atoms. The van der Waals surface area contributed by atoms with Gasteiger partial charge in [-0.2, -0.15) is 45.1 Å². The summed E-state index contributed by atoms with van der Waals surface area (Å²) in [4.78, 5) is 32.2. The van der Waals surface area contributed by atoms with Crippen LogP contribution < -0.4 is 24.4 Å². The van der Waals surface area contributed by atoms with Gasteiger partial charge in [0.1, 0.15) is 42.1 Å². The summed E-state index contributed by atoms with van der Waals surface area (Å²) in [5.74, 6) is 3.62. The zero-order valence-electron chi connectivity index (χ0n) is 83.1. The maximum absolute atomic E-state index is 10.0. The van der Waals surface area contributed by atoms with Crippen LogP contribution in [-0.4, -0.2) is 59.5 Å².